The van der Waals surface area contributed by atoms with Crippen molar-refractivity contribution >= 4 is 27.2 Å². The summed E-state index contributed by atoms with van der Waals surface area (Å²) < 4.78 is 12.1. The van der Waals surface area contributed by atoms with Crippen molar-refractivity contribution in [2.45, 2.75) is 12.3 Å². The van der Waals surface area contributed by atoms with Gasteiger partial charge in [0, 0.05) is 34.2 Å². The van der Waals surface area contributed by atoms with Gasteiger partial charge >= 0.3 is 0 Å². The van der Waals surface area contributed by atoms with Gasteiger partial charge in [-0.1, -0.05) is 18.2 Å². The second kappa shape index (κ2) is 5.39. The van der Waals surface area contributed by atoms with E-state index in [-0.39, 0.29) is 11.7 Å². The number of thiophene rings is 1. The zero-order valence-corrected chi connectivity index (χ0v) is 13.8. The van der Waals surface area contributed by atoms with E-state index in [9.17, 15) is 4.79 Å². The van der Waals surface area contributed by atoms with E-state index in [1.165, 1.54) is 15.6 Å². The Kier molecular flexibility index (Phi) is 3.34. The molecule has 0 radical (unpaired) electrons. The van der Waals surface area contributed by atoms with Crippen molar-refractivity contribution in [1.82, 2.24) is 0 Å². The van der Waals surface area contributed by atoms with Crippen LogP contribution in [0.3, 0.4) is 0 Å². The Bertz CT molecular complexity index is 910. The number of hydrogen-bond acceptors (Lipinski definition) is 4. The van der Waals surface area contributed by atoms with Gasteiger partial charge in [-0.05, 0) is 28.5 Å². The lowest BCUT2D eigenvalue weighted by atomic mass is 9.92. The molecule has 2 aromatic carbocycles. The van der Waals surface area contributed by atoms with E-state index in [4.69, 9.17) is 9.47 Å². The summed E-state index contributed by atoms with van der Waals surface area (Å²) in [7, 11) is 3.24. The third-order valence-corrected chi connectivity index (χ3v) is 5.48. The molecule has 116 valence electrons. The van der Waals surface area contributed by atoms with E-state index >= 15 is 0 Å². The zero-order chi connectivity index (χ0) is 16.0. The van der Waals surface area contributed by atoms with Gasteiger partial charge in [-0.3, -0.25) is 4.79 Å². The summed E-state index contributed by atoms with van der Waals surface area (Å²) in [4.78, 5) is 12.5. The van der Waals surface area contributed by atoms with Crippen LogP contribution in [0, 0.1) is 0 Å². The summed E-state index contributed by atoms with van der Waals surface area (Å²) in [5, 5.41) is 3.39. The number of carbonyl (C=O) groups excluding carboxylic acids is 1. The van der Waals surface area contributed by atoms with Crippen LogP contribution in [-0.2, 0) is 0 Å². The Labute approximate surface area is 138 Å². The van der Waals surface area contributed by atoms with Crippen molar-refractivity contribution in [1.29, 1.82) is 0 Å². The van der Waals surface area contributed by atoms with Crippen molar-refractivity contribution in [3.63, 3.8) is 0 Å². The monoisotopic (exact) mass is 324 g/mol. The van der Waals surface area contributed by atoms with Crippen LogP contribution in [0.15, 0.2) is 41.8 Å². The Morgan fingerprint density at radius 3 is 2.74 bits per heavy atom. The summed E-state index contributed by atoms with van der Waals surface area (Å²) >= 11 is 1.72. The van der Waals surface area contributed by atoms with Gasteiger partial charge in [-0.15, -0.1) is 11.3 Å². The Morgan fingerprint density at radius 2 is 1.96 bits per heavy atom. The molecule has 1 atom stereocenters. The minimum Gasteiger partial charge on any atom is -0.497 e. The largest absolute Gasteiger partial charge is 0.497 e. The lowest BCUT2D eigenvalue weighted by molar-refractivity contribution is 0.0991. The molecule has 4 heteroatoms. The van der Waals surface area contributed by atoms with Crippen LogP contribution in [0.4, 0.5) is 0 Å². The minimum atomic E-state index is 0.0505. The van der Waals surface area contributed by atoms with Gasteiger partial charge in [-0.25, -0.2) is 0 Å². The first kappa shape index (κ1) is 14.3. The van der Waals surface area contributed by atoms with Gasteiger partial charge < -0.3 is 9.47 Å². The van der Waals surface area contributed by atoms with Crippen LogP contribution < -0.4 is 9.47 Å². The molecule has 1 aliphatic rings. The fourth-order valence-corrected chi connectivity index (χ4v) is 4.42. The number of rotatable bonds is 3. The summed E-state index contributed by atoms with van der Waals surface area (Å²) in [5.41, 5.74) is 2.92. The van der Waals surface area contributed by atoms with Gasteiger partial charge in [0.1, 0.15) is 11.5 Å². The zero-order valence-electron chi connectivity index (χ0n) is 13.0. The van der Waals surface area contributed by atoms with E-state index < -0.39 is 0 Å². The highest BCUT2D eigenvalue weighted by molar-refractivity contribution is 7.17. The molecule has 3 nitrogen and oxygen atoms in total. The number of fused-ring (bicyclic) bond motifs is 2. The van der Waals surface area contributed by atoms with E-state index in [0.717, 1.165) is 16.9 Å². The first-order chi connectivity index (χ1) is 11.2. The predicted molar refractivity (Wildman–Crippen MR) is 92.2 cm³/mol. The van der Waals surface area contributed by atoms with E-state index in [2.05, 4.69) is 17.5 Å². The van der Waals surface area contributed by atoms with Crippen LogP contribution in [0.25, 0.3) is 10.1 Å². The molecule has 0 spiro atoms. The smallest absolute Gasteiger partial charge is 0.164 e. The molecule has 0 fully saturated rings. The number of ketones is 1. The van der Waals surface area contributed by atoms with Crippen LogP contribution in [0.5, 0.6) is 11.5 Å². The number of methoxy groups -OCH3 is 2. The van der Waals surface area contributed by atoms with Crippen molar-refractivity contribution in [2.75, 3.05) is 14.2 Å². The Balaban J connectivity index is 1.93. The van der Waals surface area contributed by atoms with Gasteiger partial charge in [0.05, 0.1) is 14.2 Å². The maximum Gasteiger partial charge on any atom is 0.164 e. The molecule has 0 N–H and O–H groups in total. The van der Waals surface area contributed by atoms with Gasteiger partial charge in [0.15, 0.2) is 5.78 Å². The summed E-state index contributed by atoms with van der Waals surface area (Å²) in [6.45, 7) is 0. The number of Topliss-reactive ketones (excluding diaryl/α,β-unsaturated/α-hetero) is 1. The molecule has 1 unspecified atom stereocenters. The highest BCUT2D eigenvalue weighted by Gasteiger charge is 2.35. The van der Waals surface area contributed by atoms with Crippen molar-refractivity contribution < 1.29 is 14.3 Å². The topological polar surface area (TPSA) is 35.5 Å². The third-order valence-electron chi connectivity index (χ3n) is 4.50. The first-order valence-corrected chi connectivity index (χ1v) is 8.36. The molecule has 23 heavy (non-hydrogen) atoms. The summed E-state index contributed by atoms with van der Waals surface area (Å²) in [6, 6.07) is 12.0. The van der Waals surface area contributed by atoms with Crippen LogP contribution >= 0.6 is 11.3 Å². The lowest BCUT2D eigenvalue weighted by Gasteiger charge is -2.15. The van der Waals surface area contributed by atoms with Gasteiger partial charge in [0.25, 0.3) is 0 Å². The van der Waals surface area contributed by atoms with Crippen LogP contribution in [0.2, 0.25) is 0 Å². The summed E-state index contributed by atoms with van der Waals surface area (Å²) in [6.07, 6.45) is 0.486. The number of hydrogen-bond donors (Lipinski definition) is 0. The van der Waals surface area contributed by atoms with Gasteiger partial charge in [0.2, 0.25) is 0 Å². The Morgan fingerprint density at radius 1 is 1.13 bits per heavy atom. The molecule has 3 aromatic rings. The first-order valence-electron chi connectivity index (χ1n) is 7.48. The standard InChI is InChI=1S/C19H16O3S/c1-21-11-7-14-16(20)9-13(19(14)17(8-11)22-2)15-10-23-18-6-4-3-5-12(15)18/h3-8,10,13H,9H2,1-2H3. The normalized spacial score (nSPS) is 16.6. The van der Waals surface area contributed by atoms with E-state index in [1.807, 2.05) is 24.3 Å². The molecule has 0 saturated heterocycles. The molecule has 0 amide bonds. The third kappa shape index (κ3) is 2.13. The van der Waals surface area contributed by atoms with Crippen molar-refractivity contribution in [2.24, 2.45) is 0 Å². The van der Waals surface area contributed by atoms with E-state index in [1.54, 1.807) is 25.6 Å². The SMILES string of the molecule is COc1cc(OC)c2c(c1)C(=O)CC2c1csc2ccccc12. The van der Waals surface area contributed by atoms with Crippen LogP contribution in [-0.4, -0.2) is 20.0 Å². The maximum atomic E-state index is 12.5. The maximum absolute atomic E-state index is 12.5. The molecule has 0 bridgehead atoms. The number of benzene rings is 2. The second-order valence-electron chi connectivity index (χ2n) is 5.66. The molecule has 0 saturated carbocycles. The Hall–Kier alpha value is -2.33. The number of ether oxygens (including phenoxy) is 2. The predicted octanol–water partition coefficient (Wildman–Crippen LogP) is 4.64. The molecule has 4 rings (SSSR count). The second-order valence-corrected chi connectivity index (χ2v) is 6.57. The van der Waals surface area contributed by atoms with Crippen molar-refractivity contribution in [3.05, 3.63) is 58.5 Å². The molecular weight excluding hydrogens is 308 g/mol. The van der Waals surface area contributed by atoms with Crippen LogP contribution in [0.1, 0.15) is 33.8 Å². The number of carbonyl (C=O) groups is 1. The molecule has 1 heterocycles. The fraction of sp³-hybridized carbons (Fsp3) is 0.211. The molecule has 0 aliphatic heterocycles. The quantitative estimate of drug-likeness (QED) is 0.704. The van der Waals surface area contributed by atoms with Gasteiger partial charge in [-0.2, -0.15) is 0 Å². The average molecular weight is 324 g/mol. The fourth-order valence-electron chi connectivity index (χ4n) is 3.41. The molecular formula is C19H16O3S. The molecule has 1 aromatic heterocycles. The summed E-state index contributed by atoms with van der Waals surface area (Å²) in [5.74, 6) is 1.59. The highest BCUT2D eigenvalue weighted by Crippen LogP contribution is 2.47. The molecule has 1 aliphatic carbocycles. The minimum absolute atomic E-state index is 0.0505. The van der Waals surface area contributed by atoms with E-state index in [0.29, 0.717) is 12.2 Å². The lowest BCUT2D eigenvalue weighted by Crippen LogP contribution is -1.99. The van der Waals surface area contributed by atoms with Crippen molar-refractivity contribution in [3.8, 4) is 11.5 Å². The highest BCUT2D eigenvalue weighted by atomic mass is 32.1. The average Bonchev–Trinajstić information content (AvgIpc) is 3.15.